The van der Waals surface area contributed by atoms with Crippen LogP contribution < -0.4 is 5.73 Å². The highest BCUT2D eigenvalue weighted by atomic mass is 32.1. The van der Waals surface area contributed by atoms with Crippen LogP contribution in [0.15, 0.2) is 29.1 Å². The fourth-order valence-electron chi connectivity index (χ4n) is 1.92. The number of nitrogens with two attached hydrogens (primary N) is 1. The van der Waals surface area contributed by atoms with Crippen LogP contribution in [0.3, 0.4) is 0 Å². The number of rotatable bonds is 3. The zero-order valence-electron chi connectivity index (χ0n) is 12.1. The summed E-state index contributed by atoms with van der Waals surface area (Å²) in [5.41, 5.74) is 10.4. The molecule has 0 saturated heterocycles. The van der Waals surface area contributed by atoms with Gasteiger partial charge in [-0.3, -0.25) is 4.79 Å². The summed E-state index contributed by atoms with van der Waals surface area (Å²) in [6.07, 6.45) is 0. The van der Waals surface area contributed by atoms with Crippen LogP contribution in [0.2, 0.25) is 0 Å². The van der Waals surface area contributed by atoms with Gasteiger partial charge in [0.15, 0.2) is 0 Å². The molecule has 1 amide bonds. The minimum Gasteiger partial charge on any atom is -0.336 e. The molecule has 0 aliphatic carbocycles. The number of aryl methyl sites for hydroxylation is 1. The number of nitrogens with zero attached hydrogens (tertiary/aromatic N) is 2. The molecule has 1 heterocycles. The minimum atomic E-state index is -0.0306. The number of hydrogen-bond acceptors (Lipinski definition) is 4. The molecule has 1 aromatic carbocycles. The Labute approximate surface area is 128 Å². The van der Waals surface area contributed by atoms with Crippen molar-refractivity contribution in [1.29, 1.82) is 0 Å². The van der Waals surface area contributed by atoms with Crippen molar-refractivity contribution in [3.05, 3.63) is 51.5 Å². The monoisotopic (exact) mass is 299 g/mol. The van der Waals surface area contributed by atoms with Crippen LogP contribution in [-0.2, 0) is 6.54 Å². The summed E-state index contributed by atoms with van der Waals surface area (Å²) in [5.74, 6) is 5.72. The topological polar surface area (TPSA) is 59.2 Å². The molecule has 1 aromatic heterocycles. The molecule has 0 fully saturated rings. The van der Waals surface area contributed by atoms with Crippen LogP contribution in [0.25, 0.3) is 0 Å². The number of thiazole rings is 1. The van der Waals surface area contributed by atoms with E-state index in [9.17, 15) is 4.79 Å². The van der Waals surface area contributed by atoms with Crippen LogP contribution >= 0.6 is 11.3 Å². The van der Waals surface area contributed by atoms with E-state index in [2.05, 4.69) is 16.8 Å². The lowest BCUT2D eigenvalue weighted by Crippen LogP contribution is -2.27. The maximum atomic E-state index is 12.5. The molecule has 2 N–H and O–H groups in total. The third kappa shape index (κ3) is 3.91. The second-order valence-corrected chi connectivity index (χ2v) is 5.40. The van der Waals surface area contributed by atoms with Crippen molar-refractivity contribution in [2.75, 3.05) is 13.6 Å². The van der Waals surface area contributed by atoms with Crippen LogP contribution in [0, 0.1) is 18.8 Å². The first-order valence-electron chi connectivity index (χ1n) is 6.54. The fourth-order valence-corrected chi connectivity index (χ4v) is 2.47. The summed E-state index contributed by atoms with van der Waals surface area (Å²) in [6.45, 7) is 2.73. The number of aromatic nitrogens is 1. The maximum absolute atomic E-state index is 12.5. The quantitative estimate of drug-likeness (QED) is 0.882. The summed E-state index contributed by atoms with van der Waals surface area (Å²) < 4.78 is 0. The molecule has 4 nitrogen and oxygen atoms in total. The summed E-state index contributed by atoms with van der Waals surface area (Å²) in [7, 11) is 1.78. The van der Waals surface area contributed by atoms with Gasteiger partial charge in [-0.2, -0.15) is 0 Å². The van der Waals surface area contributed by atoms with Crippen molar-refractivity contribution in [2.45, 2.75) is 13.5 Å². The van der Waals surface area contributed by atoms with Crippen LogP contribution in [0.5, 0.6) is 0 Å². The summed E-state index contributed by atoms with van der Waals surface area (Å²) >= 11 is 1.52. The Morgan fingerprint density at radius 2 is 2.29 bits per heavy atom. The van der Waals surface area contributed by atoms with Gasteiger partial charge in [-0.15, -0.1) is 11.3 Å². The van der Waals surface area contributed by atoms with E-state index in [1.165, 1.54) is 11.3 Å². The van der Waals surface area contributed by atoms with Crippen molar-refractivity contribution in [3.63, 3.8) is 0 Å². The van der Waals surface area contributed by atoms with Crippen molar-refractivity contribution in [2.24, 2.45) is 5.73 Å². The molecule has 2 aromatic rings. The number of hydrogen-bond donors (Lipinski definition) is 1. The lowest BCUT2D eigenvalue weighted by atomic mass is 10.0. The third-order valence-electron chi connectivity index (χ3n) is 3.03. The Balaban J connectivity index is 2.21. The predicted octanol–water partition coefficient (Wildman–Crippen LogP) is 2.03. The Bertz CT molecular complexity index is 683. The van der Waals surface area contributed by atoms with Gasteiger partial charge in [0.2, 0.25) is 0 Å². The van der Waals surface area contributed by atoms with Gasteiger partial charge in [0, 0.05) is 23.6 Å². The summed E-state index contributed by atoms with van der Waals surface area (Å²) in [4.78, 5) is 18.4. The molecule has 0 aliphatic heterocycles. The number of carbonyl (C=O) groups is 1. The predicted molar refractivity (Wildman–Crippen MR) is 85.0 cm³/mol. The van der Waals surface area contributed by atoms with E-state index in [0.717, 1.165) is 16.8 Å². The first-order valence-corrected chi connectivity index (χ1v) is 7.48. The van der Waals surface area contributed by atoms with E-state index in [1.54, 1.807) is 17.5 Å². The zero-order chi connectivity index (χ0) is 15.2. The van der Waals surface area contributed by atoms with Crippen molar-refractivity contribution < 1.29 is 4.79 Å². The first-order chi connectivity index (χ1) is 10.1. The molecule has 0 saturated carbocycles. The highest BCUT2D eigenvalue weighted by Gasteiger charge is 2.15. The van der Waals surface area contributed by atoms with E-state index >= 15 is 0 Å². The fraction of sp³-hybridized carbons (Fsp3) is 0.250. The molecular formula is C16H17N3OS. The Morgan fingerprint density at radius 1 is 1.48 bits per heavy atom. The normalized spacial score (nSPS) is 9.86. The standard InChI is InChI=1S/C16H17N3OS/c1-12-5-6-13(4-3-7-17)8-15(12)16(20)19(2)9-14-10-21-11-18-14/h5-6,8,10-11H,7,9,17H2,1-2H3. The van der Waals surface area contributed by atoms with Crippen LogP contribution in [0.4, 0.5) is 0 Å². The van der Waals surface area contributed by atoms with Gasteiger partial charge in [-0.25, -0.2) is 4.98 Å². The van der Waals surface area contributed by atoms with Gasteiger partial charge in [0.25, 0.3) is 5.91 Å². The van der Waals surface area contributed by atoms with E-state index in [4.69, 9.17) is 5.73 Å². The smallest absolute Gasteiger partial charge is 0.254 e. The maximum Gasteiger partial charge on any atom is 0.254 e. The molecule has 0 bridgehead atoms. The van der Waals surface area contributed by atoms with Gasteiger partial charge in [0.1, 0.15) is 0 Å². The van der Waals surface area contributed by atoms with E-state index in [1.807, 2.05) is 30.5 Å². The SMILES string of the molecule is Cc1ccc(C#CCN)cc1C(=O)N(C)Cc1cscn1. The highest BCUT2D eigenvalue weighted by molar-refractivity contribution is 7.07. The van der Waals surface area contributed by atoms with Crippen molar-refractivity contribution in [1.82, 2.24) is 9.88 Å². The molecule has 0 atom stereocenters. The molecule has 0 unspecified atom stereocenters. The average Bonchev–Trinajstić information content (AvgIpc) is 2.98. The molecule has 5 heteroatoms. The largest absolute Gasteiger partial charge is 0.336 e. The van der Waals surface area contributed by atoms with Gasteiger partial charge in [-0.05, 0) is 24.6 Å². The molecule has 21 heavy (non-hydrogen) atoms. The van der Waals surface area contributed by atoms with E-state index in [0.29, 0.717) is 18.7 Å². The van der Waals surface area contributed by atoms with E-state index in [-0.39, 0.29) is 5.91 Å². The zero-order valence-corrected chi connectivity index (χ0v) is 12.9. The van der Waals surface area contributed by atoms with Gasteiger partial charge in [0.05, 0.1) is 24.3 Å². The molecule has 108 valence electrons. The first kappa shape index (κ1) is 15.2. The highest BCUT2D eigenvalue weighted by Crippen LogP contribution is 2.14. The molecule has 2 rings (SSSR count). The van der Waals surface area contributed by atoms with Crippen LogP contribution in [0.1, 0.15) is 27.2 Å². The van der Waals surface area contributed by atoms with E-state index < -0.39 is 0 Å². The lowest BCUT2D eigenvalue weighted by Gasteiger charge is -2.17. The number of carbonyl (C=O) groups excluding carboxylic acids is 1. The van der Waals surface area contributed by atoms with Crippen molar-refractivity contribution >= 4 is 17.2 Å². The van der Waals surface area contributed by atoms with Gasteiger partial charge in [-0.1, -0.05) is 17.9 Å². The number of amides is 1. The molecule has 0 aliphatic rings. The van der Waals surface area contributed by atoms with Crippen LogP contribution in [-0.4, -0.2) is 29.4 Å². The Morgan fingerprint density at radius 3 is 2.95 bits per heavy atom. The van der Waals surface area contributed by atoms with Crippen molar-refractivity contribution in [3.8, 4) is 11.8 Å². The minimum absolute atomic E-state index is 0.0306. The number of benzene rings is 1. The third-order valence-corrected chi connectivity index (χ3v) is 3.67. The summed E-state index contributed by atoms with van der Waals surface area (Å²) in [5, 5.41) is 1.94. The second kappa shape index (κ2) is 7.02. The Hall–Kier alpha value is -2.16. The van der Waals surface area contributed by atoms with Gasteiger partial charge >= 0.3 is 0 Å². The second-order valence-electron chi connectivity index (χ2n) is 4.68. The van der Waals surface area contributed by atoms with Gasteiger partial charge < -0.3 is 10.6 Å². The lowest BCUT2D eigenvalue weighted by molar-refractivity contribution is 0.0783. The molecule has 0 spiro atoms. The molecular weight excluding hydrogens is 282 g/mol. The molecule has 0 radical (unpaired) electrons. The Kier molecular flexibility index (Phi) is 5.09. The summed E-state index contributed by atoms with van der Waals surface area (Å²) in [6, 6.07) is 5.62. The average molecular weight is 299 g/mol.